The van der Waals surface area contributed by atoms with E-state index in [4.69, 9.17) is 11.6 Å². The van der Waals surface area contributed by atoms with Crippen LogP contribution >= 0.6 is 11.6 Å². The number of hydrogen-bond donors (Lipinski definition) is 1. The van der Waals surface area contributed by atoms with E-state index >= 15 is 0 Å². The molecule has 1 heterocycles. The molecule has 0 radical (unpaired) electrons. The fourth-order valence-corrected chi connectivity index (χ4v) is 2.01. The number of fused-ring (bicyclic) bond motifs is 1. The number of nitrogens with zero attached hydrogens (tertiary/aromatic N) is 2. The summed E-state index contributed by atoms with van der Waals surface area (Å²) in [6, 6.07) is 8.03. The molecule has 0 unspecified atom stereocenters. The molecule has 4 nitrogen and oxygen atoms in total. The Morgan fingerprint density at radius 3 is 3.06 bits per heavy atom. The van der Waals surface area contributed by atoms with Crippen LogP contribution in [0.1, 0.15) is 12.8 Å². The standard InChI is InChI=1S/C13H16ClN3O/c14-7-6-13(18)15-8-3-9-17-10-16-11-4-1-2-5-12(11)17/h1-2,4-5,10H,3,6-9H2,(H,15,18). The van der Waals surface area contributed by atoms with E-state index in [1.165, 1.54) is 0 Å². The number of carbonyl (C=O) groups is 1. The van der Waals surface area contributed by atoms with E-state index in [-0.39, 0.29) is 5.91 Å². The van der Waals surface area contributed by atoms with Gasteiger partial charge in [-0.05, 0) is 18.6 Å². The molecule has 0 bridgehead atoms. The van der Waals surface area contributed by atoms with Crippen LogP contribution in [0, 0.1) is 0 Å². The lowest BCUT2D eigenvalue weighted by Gasteiger charge is -2.05. The maximum atomic E-state index is 11.2. The molecule has 5 heteroatoms. The third-order valence-electron chi connectivity index (χ3n) is 2.75. The van der Waals surface area contributed by atoms with Crippen molar-refractivity contribution in [2.45, 2.75) is 19.4 Å². The lowest BCUT2D eigenvalue weighted by atomic mass is 10.3. The van der Waals surface area contributed by atoms with Gasteiger partial charge in [0.25, 0.3) is 0 Å². The Bertz CT molecular complexity index is 524. The quantitative estimate of drug-likeness (QED) is 0.643. The smallest absolute Gasteiger partial charge is 0.221 e. The van der Waals surface area contributed by atoms with Crippen LogP contribution in [0.2, 0.25) is 0 Å². The molecule has 0 saturated heterocycles. The average molecular weight is 266 g/mol. The molecule has 0 spiro atoms. The Balaban J connectivity index is 1.82. The van der Waals surface area contributed by atoms with Crippen LogP contribution in [0.4, 0.5) is 0 Å². The molecule has 0 aliphatic carbocycles. The van der Waals surface area contributed by atoms with Gasteiger partial charge in [0.1, 0.15) is 0 Å². The predicted molar refractivity (Wildman–Crippen MR) is 72.7 cm³/mol. The molecule has 1 amide bonds. The number of halogens is 1. The van der Waals surface area contributed by atoms with Gasteiger partial charge in [0.05, 0.1) is 17.4 Å². The second-order valence-electron chi connectivity index (χ2n) is 4.07. The van der Waals surface area contributed by atoms with E-state index in [1.807, 2.05) is 24.5 Å². The molecule has 0 aliphatic heterocycles. The Morgan fingerprint density at radius 1 is 1.39 bits per heavy atom. The summed E-state index contributed by atoms with van der Waals surface area (Å²) in [6.45, 7) is 1.52. The van der Waals surface area contributed by atoms with Gasteiger partial charge in [-0.25, -0.2) is 4.98 Å². The summed E-state index contributed by atoms with van der Waals surface area (Å²) in [7, 11) is 0. The van der Waals surface area contributed by atoms with Crippen LogP contribution in [-0.4, -0.2) is 27.9 Å². The summed E-state index contributed by atoms with van der Waals surface area (Å²) >= 11 is 5.48. The monoisotopic (exact) mass is 265 g/mol. The third kappa shape index (κ3) is 3.23. The number of imidazole rings is 1. The summed E-state index contributed by atoms with van der Waals surface area (Å²) in [4.78, 5) is 15.5. The van der Waals surface area contributed by atoms with Gasteiger partial charge in [-0.15, -0.1) is 11.6 Å². The van der Waals surface area contributed by atoms with Crippen molar-refractivity contribution < 1.29 is 4.79 Å². The summed E-state index contributed by atoms with van der Waals surface area (Å²) < 4.78 is 2.10. The highest BCUT2D eigenvalue weighted by Crippen LogP contribution is 2.11. The third-order valence-corrected chi connectivity index (χ3v) is 2.94. The number of aromatic nitrogens is 2. The van der Waals surface area contributed by atoms with E-state index in [0.29, 0.717) is 18.8 Å². The van der Waals surface area contributed by atoms with Crippen molar-refractivity contribution in [3.63, 3.8) is 0 Å². The van der Waals surface area contributed by atoms with E-state index in [9.17, 15) is 4.79 Å². The Labute approximate surface area is 111 Å². The number of amides is 1. The number of para-hydroxylation sites is 2. The summed E-state index contributed by atoms with van der Waals surface area (Å²) in [5, 5.41) is 2.84. The minimum atomic E-state index is 0.0143. The lowest BCUT2D eigenvalue weighted by molar-refractivity contribution is -0.120. The number of alkyl halides is 1. The summed E-state index contributed by atoms with van der Waals surface area (Å²) in [6.07, 6.45) is 3.11. The number of benzene rings is 1. The second-order valence-corrected chi connectivity index (χ2v) is 4.45. The summed E-state index contributed by atoms with van der Waals surface area (Å²) in [5.74, 6) is 0.387. The molecule has 18 heavy (non-hydrogen) atoms. The first kappa shape index (κ1) is 12.9. The van der Waals surface area contributed by atoms with Gasteiger partial charge in [-0.3, -0.25) is 4.79 Å². The zero-order valence-electron chi connectivity index (χ0n) is 10.1. The number of carbonyl (C=O) groups excluding carboxylic acids is 1. The second kappa shape index (κ2) is 6.40. The molecule has 96 valence electrons. The molecule has 1 aromatic carbocycles. The highest BCUT2D eigenvalue weighted by molar-refractivity contribution is 6.18. The van der Waals surface area contributed by atoms with Crippen LogP contribution in [0.15, 0.2) is 30.6 Å². The minimum absolute atomic E-state index is 0.0143. The van der Waals surface area contributed by atoms with Crippen molar-refractivity contribution in [2.24, 2.45) is 0 Å². The molecule has 0 saturated carbocycles. The topological polar surface area (TPSA) is 46.9 Å². The highest BCUT2D eigenvalue weighted by Gasteiger charge is 2.02. The first-order chi connectivity index (χ1) is 8.81. The molecule has 1 N–H and O–H groups in total. The van der Waals surface area contributed by atoms with Gasteiger partial charge < -0.3 is 9.88 Å². The predicted octanol–water partition coefficient (Wildman–Crippen LogP) is 2.17. The van der Waals surface area contributed by atoms with Crippen molar-refractivity contribution in [3.8, 4) is 0 Å². The molecule has 1 aromatic heterocycles. The van der Waals surface area contributed by atoms with Gasteiger partial charge in [0.2, 0.25) is 5.91 Å². The van der Waals surface area contributed by atoms with Crippen LogP contribution < -0.4 is 5.32 Å². The SMILES string of the molecule is O=C(CCCl)NCCCn1cnc2ccccc21. The molecular formula is C13H16ClN3O. The van der Waals surface area contributed by atoms with Crippen LogP contribution in [0.5, 0.6) is 0 Å². The number of aryl methyl sites for hydroxylation is 1. The zero-order valence-corrected chi connectivity index (χ0v) is 10.9. The lowest BCUT2D eigenvalue weighted by Crippen LogP contribution is -2.25. The van der Waals surface area contributed by atoms with Gasteiger partial charge in [-0.2, -0.15) is 0 Å². The Hall–Kier alpha value is -1.55. The first-order valence-electron chi connectivity index (χ1n) is 6.04. The van der Waals surface area contributed by atoms with Crippen molar-refractivity contribution in [2.75, 3.05) is 12.4 Å². The maximum Gasteiger partial charge on any atom is 0.221 e. The van der Waals surface area contributed by atoms with E-state index < -0.39 is 0 Å². The molecule has 0 atom stereocenters. The maximum absolute atomic E-state index is 11.2. The fraction of sp³-hybridized carbons (Fsp3) is 0.385. The summed E-state index contributed by atoms with van der Waals surface area (Å²) in [5.41, 5.74) is 2.13. The minimum Gasteiger partial charge on any atom is -0.356 e. The normalized spacial score (nSPS) is 10.7. The van der Waals surface area contributed by atoms with Crippen LogP contribution in [-0.2, 0) is 11.3 Å². The Kier molecular flexibility index (Phi) is 4.59. The number of rotatable bonds is 6. The van der Waals surface area contributed by atoms with Crippen molar-refractivity contribution in [1.82, 2.24) is 14.9 Å². The molecule has 0 fully saturated rings. The molecule has 2 aromatic rings. The molecule has 2 rings (SSSR count). The molecular weight excluding hydrogens is 250 g/mol. The van der Waals surface area contributed by atoms with Gasteiger partial charge >= 0.3 is 0 Å². The van der Waals surface area contributed by atoms with Gasteiger partial charge in [0.15, 0.2) is 0 Å². The van der Waals surface area contributed by atoms with E-state index in [0.717, 1.165) is 24.0 Å². The van der Waals surface area contributed by atoms with Crippen molar-refractivity contribution >= 4 is 28.5 Å². The first-order valence-corrected chi connectivity index (χ1v) is 6.57. The number of hydrogen-bond acceptors (Lipinski definition) is 2. The Morgan fingerprint density at radius 2 is 2.22 bits per heavy atom. The van der Waals surface area contributed by atoms with Crippen molar-refractivity contribution in [1.29, 1.82) is 0 Å². The molecule has 0 aliphatic rings. The fourth-order valence-electron chi connectivity index (χ4n) is 1.84. The van der Waals surface area contributed by atoms with E-state index in [1.54, 1.807) is 0 Å². The zero-order chi connectivity index (χ0) is 12.8. The van der Waals surface area contributed by atoms with Crippen molar-refractivity contribution in [3.05, 3.63) is 30.6 Å². The average Bonchev–Trinajstić information content (AvgIpc) is 2.78. The highest BCUT2D eigenvalue weighted by atomic mass is 35.5. The van der Waals surface area contributed by atoms with Gasteiger partial charge in [-0.1, -0.05) is 12.1 Å². The van der Waals surface area contributed by atoms with Gasteiger partial charge in [0, 0.05) is 25.4 Å². The van der Waals surface area contributed by atoms with Crippen LogP contribution in [0.3, 0.4) is 0 Å². The largest absolute Gasteiger partial charge is 0.356 e. The van der Waals surface area contributed by atoms with E-state index in [2.05, 4.69) is 20.9 Å². The number of nitrogens with one attached hydrogen (secondary N) is 1. The van der Waals surface area contributed by atoms with Crippen LogP contribution in [0.25, 0.3) is 11.0 Å².